The Morgan fingerprint density at radius 1 is 1.10 bits per heavy atom. The Hall–Kier alpha value is -2.89. The fourth-order valence-corrected chi connectivity index (χ4v) is 3.40. The van der Waals surface area contributed by atoms with Gasteiger partial charge in [-0.1, -0.05) is 71.7 Å². The fraction of sp³-hybridized carbons (Fsp3) is 0.174. The summed E-state index contributed by atoms with van der Waals surface area (Å²) in [5.41, 5.74) is 2.63. The van der Waals surface area contributed by atoms with Crippen LogP contribution in [-0.2, 0) is 16.1 Å². The highest BCUT2D eigenvalue weighted by Crippen LogP contribution is 2.24. The number of carbonyl (C=O) groups excluding carboxylic acids is 2. The minimum Gasteiger partial charge on any atom is -0.451 e. The molecule has 0 aliphatic carbocycles. The van der Waals surface area contributed by atoms with Crippen LogP contribution in [0.5, 0.6) is 0 Å². The van der Waals surface area contributed by atoms with E-state index in [1.165, 1.54) is 12.2 Å². The van der Waals surface area contributed by atoms with Crippen molar-refractivity contribution in [2.24, 2.45) is 0 Å². The highest BCUT2D eigenvalue weighted by atomic mass is 35.5. The molecule has 2 aromatic carbocycles. The molecule has 7 heteroatoms. The van der Waals surface area contributed by atoms with E-state index in [1.807, 2.05) is 24.3 Å². The van der Waals surface area contributed by atoms with Crippen molar-refractivity contribution in [3.8, 4) is 0 Å². The van der Waals surface area contributed by atoms with E-state index in [2.05, 4.69) is 5.10 Å². The van der Waals surface area contributed by atoms with Crippen LogP contribution >= 0.6 is 23.2 Å². The van der Waals surface area contributed by atoms with Crippen LogP contribution in [0.2, 0.25) is 10.2 Å². The lowest BCUT2D eigenvalue weighted by Gasteiger charge is -2.10. The number of Topliss-reactive ketones (excluding diaryl/α,β-unsaturated/α-hetero) is 1. The third-order valence-corrected chi connectivity index (χ3v) is 5.26. The minimum atomic E-state index is -0.899. The number of ether oxygens (including phenoxy) is 1. The normalized spacial score (nSPS) is 12.1. The average molecular weight is 443 g/mol. The number of aromatic nitrogens is 2. The van der Waals surface area contributed by atoms with Gasteiger partial charge < -0.3 is 4.74 Å². The Morgan fingerprint density at radius 3 is 2.47 bits per heavy atom. The molecule has 0 saturated carbocycles. The van der Waals surface area contributed by atoms with Crippen molar-refractivity contribution in [1.29, 1.82) is 0 Å². The minimum absolute atomic E-state index is 0.265. The van der Waals surface area contributed by atoms with E-state index in [9.17, 15) is 9.59 Å². The molecule has 1 unspecified atom stereocenters. The zero-order valence-corrected chi connectivity index (χ0v) is 18.0. The van der Waals surface area contributed by atoms with Gasteiger partial charge in [0.1, 0.15) is 5.15 Å². The van der Waals surface area contributed by atoms with Crippen molar-refractivity contribution >= 4 is 41.0 Å². The number of hydrogen-bond donors (Lipinski definition) is 0. The number of hydrogen-bond acceptors (Lipinski definition) is 4. The summed E-state index contributed by atoms with van der Waals surface area (Å²) in [6.45, 7) is 3.74. The summed E-state index contributed by atoms with van der Waals surface area (Å²) in [7, 11) is 0. The van der Waals surface area contributed by atoms with Gasteiger partial charge in [-0.15, -0.1) is 0 Å². The van der Waals surface area contributed by atoms with E-state index in [1.54, 1.807) is 48.9 Å². The molecule has 3 rings (SSSR count). The van der Waals surface area contributed by atoms with Gasteiger partial charge in [-0.05, 0) is 31.6 Å². The molecule has 1 atom stereocenters. The first-order chi connectivity index (χ1) is 14.4. The first kappa shape index (κ1) is 21.8. The van der Waals surface area contributed by atoms with E-state index < -0.39 is 12.1 Å². The number of rotatable bonds is 7. The number of benzene rings is 2. The molecule has 5 nitrogen and oxygen atoms in total. The second-order valence-corrected chi connectivity index (χ2v) is 7.45. The summed E-state index contributed by atoms with van der Waals surface area (Å²) in [6.07, 6.45) is 1.88. The number of esters is 1. The number of halogens is 2. The van der Waals surface area contributed by atoms with Crippen LogP contribution < -0.4 is 0 Å². The van der Waals surface area contributed by atoms with Gasteiger partial charge in [-0.25, -0.2) is 9.48 Å². The molecule has 154 valence electrons. The summed E-state index contributed by atoms with van der Waals surface area (Å²) in [4.78, 5) is 24.5. The van der Waals surface area contributed by atoms with Gasteiger partial charge in [0.15, 0.2) is 6.10 Å². The van der Waals surface area contributed by atoms with Crippen LogP contribution in [-0.4, -0.2) is 27.6 Å². The van der Waals surface area contributed by atoms with Crippen molar-refractivity contribution in [3.05, 3.63) is 93.2 Å². The molecule has 30 heavy (non-hydrogen) atoms. The van der Waals surface area contributed by atoms with Gasteiger partial charge in [0.05, 0.1) is 12.2 Å². The Balaban J connectivity index is 1.68. The van der Waals surface area contributed by atoms with Crippen LogP contribution in [0.1, 0.15) is 34.1 Å². The highest BCUT2D eigenvalue weighted by Gasteiger charge is 2.18. The molecule has 0 radical (unpaired) electrons. The van der Waals surface area contributed by atoms with Gasteiger partial charge in [-0.2, -0.15) is 5.10 Å². The first-order valence-electron chi connectivity index (χ1n) is 9.31. The van der Waals surface area contributed by atoms with Crippen LogP contribution in [0.25, 0.3) is 6.08 Å². The molecule has 0 aliphatic heterocycles. The predicted octanol–water partition coefficient (Wildman–Crippen LogP) is 5.37. The Bertz CT molecular complexity index is 1090. The Kier molecular flexibility index (Phi) is 7.08. The summed E-state index contributed by atoms with van der Waals surface area (Å²) >= 11 is 12.7. The SMILES string of the molecule is Cc1nn(Cc2ccccc2Cl)c(Cl)c1C=CC(=O)OC(C)C(=O)c1ccccc1. The zero-order chi connectivity index (χ0) is 21.7. The molecule has 0 aliphatic rings. The highest BCUT2D eigenvalue weighted by molar-refractivity contribution is 6.32. The van der Waals surface area contributed by atoms with E-state index in [-0.39, 0.29) is 5.78 Å². The van der Waals surface area contributed by atoms with Gasteiger partial charge >= 0.3 is 5.97 Å². The molecular weight excluding hydrogens is 423 g/mol. The van der Waals surface area contributed by atoms with Gasteiger partial charge in [-0.3, -0.25) is 4.79 Å². The van der Waals surface area contributed by atoms with Gasteiger partial charge in [0, 0.05) is 22.2 Å². The van der Waals surface area contributed by atoms with Crippen LogP contribution in [0, 0.1) is 6.92 Å². The molecule has 0 bridgehead atoms. The predicted molar refractivity (Wildman–Crippen MR) is 118 cm³/mol. The third-order valence-electron chi connectivity index (χ3n) is 4.49. The summed E-state index contributed by atoms with van der Waals surface area (Å²) in [6, 6.07) is 16.1. The molecule has 0 fully saturated rings. The lowest BCUT2D eigenvalue weighted by atomic mass is 10.1. The van der Waals surface area contributed by atoms with Crippen LogP contribution in [0.4, 0.5) is 0 Å². The topological polar surface area (TPSA) is 61.2 Å². The van der Waals surface area contributed by atoms with Crippen molar-refractivity contribution in [2.45, 2.75) is 26.5 Å². The smallest absolute Gasteiger partial charge is 0.331 e. The molecule has 1 heterocycles. The quantitative estimate of drug-likeness (QED) is 0.280. The van der Waals surface area contributed by atoms with Crippen LogP contribution in [0.3, 0.4) is 0 Å². The lowest BCUT2D eigenvalue weighted by Crippen LogP contribution is -2.23. The van der Waals surface area contributed by atoms with Crippen molar-refractivity contribution in [1.82, 2.24) is 9.78 Å². The van der Waals surface area contributed by atoms with Gasteiger partial charge in [0.25, 0.3) is 0 Å². The maximum atomic E-state index is 12.3. The second-order valence-electron chi connectivity index (χ2n) is 6.68. The largest absolute Gasteiger partial charge is 0.451 e. The van der Waals surface area contributed by atoms with E-state index >= 15 is 0 Å². The molecule has 0 spiro atoms. The maximum Gasteiger partial charge on any atom is 0.331 e. The monoisotopic (exact) mass is 442 g/mol. The molecule has 0 amide bonds. The first-order valence-corrected chi connectivity index (χ1v) is 10.1. The number of nitrogens with zero attached hydrogens (tertiary/aromatic N) is 2. The third kappa shape index (κ3) is 5.17. The maximum absolute atomic E-state index is 12.3. The summed E-state index contributed by atoms with van der Waals surface area (Å²) in [5.74, 6) is -0.903. The summed E-state index contributed by atoms with van der Waals surface area (Å²) in [5, 5.41) is 5.43. The molecule has 3 aromatic rings. The Morgan fingerprint density at radius 2 is 1.77 bits per heavy atom. The molecule has 1 aromatic heterocycles. The van der Waals surface area contributed by atoms with Crippen molar-refractivity contribution < 1.29 is 14.3 Å². The second kappa shape index (κ2) is 9.74. The lowest BCUT2D eigenvalue weighted by molar-refractivity contribution is -0.140. The molecular formula is C23H20Cl2N2O3. The van der Waals surface area contributed by atoms with E-state index in [4.69, 9.17) is 27.9 Å². The average Bonchev–Trinajstić information content (AvgIpc) is 3.00. The zero-order valence-electron chi connectivity index (χ0n) is 16.5. The van der Waals surface area contributed by atoms with E-state index in [0.29, 0.717) is 33.5 Å². The van der Waals surface area contributed by atoms with Crippen LogP contribution in [0.15, 0.2) is 60.7 Å². The fourth-order valence-electron chi connectivity index (χ4n) is 2.90. The number of carbonyl (C=O) groups is 2. The molecule has 0 N–H and O–H groups in total. The number of ketones is 1. The number of aryl methyl sites for hydroxylation is 1. The van der Waals surface area contributed by atoms with Crippen molar-refractivity contribution in [2.75, 3.05) is 0 Å². The van der Waals surface area contributed by atoms with E-state index in [0.717, 1.165) is 5.56 Å². The standard InChI is InChI=1S/C23H20Cl2N2O3/c1-15-19(23(25)27(26-15)14-18-10-6-7-11-20(18)24)12-13-21(28)30-16(2)22(29)17-8-4-3-5-9-17/h3-13,16H,14H2,1-2H3. The van der Waals surface area contributed by atoms with Gasteiger partial charge in [0.2, 0.25) is 5.78 Å². The Labute approximate surface area is 184 Å². The summed E-state index contributed by atoms with van der Waals surface area (Å²) < 4.78 is 6.84. The van der Waals surface area contributed by atoms with Crippen molar-refractivity contribution in [3.63, 3.8) is 0 Å². The molecule has 0 saturated heterocycles.